The van der Waals surface area contributed by atoms with E-state index >= 15 is 0 Å². The van der Waals surface area contributed by atoms with Crippen molar-refractivity contribution in [2.45, 2.75) is 0 Å². The number of aromatic carboxylic acids is 1. The first kappa shape index (κ1) is 16.2. The summed E-state index contributed by atoms with van der Waals surface area (Å²) in [5, 5.41) is 21.4. The second-order valence-electron chi connectivity index (χ2n) is 4.53. The molecule has 7 nitrogen and oxygen atoms in total. The van der Waals surface area contributed by atoms with Gasteiger partial charge in [0, 0.05) is 12.1 Å². The first-order chi connectivity index (χ1) is 11.0. The van der Waals surface area contributed by atoms with Crippen molar-refractivity contribution in [3.8, 4) is 17.2 Å². The average Bonchev–Trinajstić information content (AvgIpc) is 2.54. The molecule has 0 aromatic heterocycles. The van der Waals surface area contributed by atoms with Crippen LogP contribution in [-0.2, 0) is 0 Å². The second-order valence-corrected chi connectivity index (χ2v) is 4.53. The van der Waals surface area contributed by atoms with Gasteiger partial charge in [-0.05, 0) is 12.1 Å². The van der Waals surface area contributed by atoms with Crippen LogP contribution < -0.4 is 14.8 Å². The Morgan fingerprint density at radius 3 is 2.17 bits per heavy atom. The number of anilines is 1. The van der Waals surface area contributed by atoms with Crippen LogP contribution in [0.2, 0.25) is 0 Å². The van der Waals surface area contributed by atoms with Crippen molar-refractivity contribution < 1.29 is 29.3 Å². The molecule has 0 unspecified atom stereocenters. The summed E-state index contributed by atoms with van der Waals surface area (Å²) in [7, 11) is 2.77. The van der Waals surface area contributed by atoms with Gasteiger partial charge in [0.1, 0.15) is 5.75 Å². The standard InChI is InChI=1S/C16H15NO6/c1-22-13-7-10(16(20)21)11(8-14(13)23-2)17-15(19)9-5-3-4-6-12(9)18/h3-8,18H,1-2H3,(H,17,19)(H,20,21). The maximum atomic E-state index is 12.2. The number of aromatic hydroxyl groups is 1. The normalized spacial score (nSPS) is 10.0. The molecule has 0 heterocycles. The number of carbonyl (C=O) groups is 2. The average molecular weight is 317 g/mol. The van der Waals surface area contributed by atoms with E-state index in [9.17, 15) is 19.8 Å². The molecule has 0 aliphatic heterocycles. The van der Waals surface area contributed by atoms with Crippen LogP contribution in [0.3, 0.4) is 0 Å². The minimum atomic E-state index is -1.24. The van der Waals surface area contributed by atoms with E-state index in [-0.39, 0.29) is 34.1 Å². The lowest BCUT2D eigenvalue weighted by molar-refractivity contribution is 0.0697. The van der Waals surface area contributed by atoms with E-state index in [1.54, 1.807) is 12.1 Å². The number of rotatable bonds is 5. The van der Waals surface area contributed by atoms with Crippen molar-refractivity contribution in [3.63, 3.8) is 0 Å². The number of carbonyl (C=O) groups excluding carboxylic acids is 1. The molecule has 7 heteroatoms. The fourth-order valence-corrected chi connectivity index (χ4v) is 2.01. The number of hydrogen-bond donors (Lipinski definition) is 3. The van der Waals surface area contributed by atoms with Crippen molar-refractivity contribution in [3.05, 3.63) is 47.5 Å². The highest BCUT2D eigenvalue weighted by molar-refractivity contribution is 6.09. The molecule has 120 valence electrons. The third kappa shape index (κ3) is 3.34. The van der Waals surface area contributed by atoms with Gasteiger partial charge in [-0.25, -0.2) is 4.79 Å². The first-order valence-electron chi connectivity index (χ1n) is 6.56. The zero-order valence-corrected chi connectivity index (χ0v) is 12.5. The summed E-state index contributed by atoms with van der Waals surface area (Å²) in [5.41, 5.74) is -0.103. The van der Waals surface area contributed by atoms with Gasteiger partial charge in [0.2, 0.25) is 0 Å². The Labute approximate surface area is 132 Å². The number of ether oxygens (including phenoxy) is 2. The van der Waals surface area contributed by atoms with Gasteiger partial charge in [0.25, 0.3) is 5.91 Å². The Bertz CT molecular complexity index is 756. The maximum absolute atomic E-state index is 12.2. The quantitative estimate of drug-likeness (QED) is 0.782. The number of para-hydroxylation sites is 1. The Hall–Kier alpha value is -3.22. The molecule has 0 bridgehead atoms. The highest BCUT2D eigenvalue weighted by Gasteiger charge is 2.19. The molecule has 2 aromatic rings. The number of nitrogens with one attached hydrogen (secondary N) is 1. The SMILES string of the molecule is COc1cc(NC(=O)c2ccccc2O)c(C(=O)O)cc1OC. The summed E-state index contributed by atoms with van der Waals surface area (Å²) in [6, 6.07) is 8.54. The van der Waals surface area contributed by atoms with E-state index in [4.69, 9.17) is 9.47 Å². The van der Waals surface area contributed by atoms with E-state index < -0.39 is 11.9 Å². The van der Waals surface area contributed by atoms with Gasteiger partial charge in [-0.2, -0.15) is 0 Å². The largest absolute Gasteiger partial charge is 0.507 e. The van der Waals surface area contributed by atoms with Crippen LogP contribution >= 0.6 is 0 Å². The predicted octanol–water partition coefficient (Wildman–Crippen LogP) is 2.36. The minimum Gasteiger partial charge on any atom is -0.507 e. The second kappa shape index (κ2) is 6.69. The van der Waals surface area contributed by atoms with Crippen LogP contribution in [0.1, 0.15) is 20.7 Å². The number of benzene rings is 2. The molecular formula is C16H15NO6. The molecule has 1 amide bonds. The third-order valence-electron chi connectivity index (χ3n) is 3.15. The Kier molecular flexibility index (Phi) is 4.70. The zero-order valence-electron chi connectivity index (χ0n) is 12.5. The third-order valence-corrected chi connectivity index (χ3v) is 3.15. The molecule has 0 radical (unpaired) electrons. The van der Waals surface area contributed by atoms with Crippen molar-refractivity contribution in [1.82, 2.24) is 0 Å². The van der Waals surface area contributed by atoms with Gasteiger partial charge in [0.15, 0.2) is 11.5 Å². The van der Waals surface area contributed by atoms with Crippen molar-refractivity contribution in [2.75, 3.05) is 19.5 Å². The molecule has 0 saturated heterocycles. The molecule has 2 rings (SSSR count). The molecule has 0 fully saturated rings. The molecule has 0 atom stereocenters. The minimum absolute atomic E-state index is 0.0265. The molecular weight excluding hydrogens is 302 g/mol. The summed E-state index contributed by atoms with van der Waals surface area (Å²) in [5.74, 6) is -1.59. The van der Waals surface area contributed by atoms with Crippen LogP contribution in [0.4, 0.5) is 5.69 Å². The van der Waals surface area contributed by atoms with Gasteiger partial charge in [0.05, 0.1) is 31.0 Å². The predicted molar refractivity (Wildman–Crippen MR) is 82.6 cm³/mol. The molecule has 0 aliphatic rings. The summed E-state index contributed by atoms with van der Waals surface area (Å²) in [6.45, 7) is 0. The highest BCUT2D eigenvalue weighted by atomic mass is 16.5. The lowest BCUT2D eigenvalue weighted by atomic mass is 10.1. The molecule has 3 N–H and O–H groups in total. The Balaban J connectivity index is 2.44. The molecule has 2 aromatic carbocycles. The molecule has 0 saturated carbocycles. The highest BCUT2D eigenvalue weighted by Crippen LogP contribution is 2.33. The number of methoxy groups -OCH3 is 2. The lowest BCUT2D eigenvalue weighted by Crippen LogP contribution is -2.15. The number of carboxylic acids is 1. The zero-order chi connectivity index (χ0) is 17.0. The van der Waals surface area contributed by atoms with Crippen LogP contribution in [-0.4, -0.2) is 36.3 Å². The van der Waals surface area contributed by atoms with Crippen LogP contribution in [0.15, 0.2) is 36.4 Å². The van der Waals surface area contributed by atoms with Crippen LogP contribution in [0, 0.1) is 0 Å². The van der Waals surface area contributed by atoms with Gasteiger partial charge in [-0.1, -0.05) is 12.1 Å². The number of amides is 1. The van der Waals surface area contributed by atoms with Crippen LogP contribution in [0.5, 0.6) is 17.2 Å². The van der Waals surface area contributed by atoms with E-state index in [1.807, 2.05) is 0 Å². The van der Waals surface area contributed by atoms with E-state index in [1.165, 1.54) is 38.5 Å². The van der Waals surface area contributed by atoms with Crippen molar-refractivity contribution in [1.29, 1.82) is 0 Å². The molecule has 0 spiro atoms. The number of carboxylic acid groups (broad SMARTS) is 1. The number of hydrogen-bond acceptors (Lipinski definition) is 5. The number of phenolic OH excluding ortho intramolecular Hbond substituents is 1. The van der Waals surface area contributed by atoms with Gasteiger partial charge < -0.3 is 25.0 Å². The fourth-order valence-electron chi connectivity index (χ4n) is 2.01. The van der Waals surface area contributed by atoms with Crippen molar-refractivity contribution in [2.24, 2.45) is 0 Å². The van der Waals surface area contributed by atoms with E-state index in [0.29, 0.717) is 0 Å². The van der Waals surface area contributed by atoms with Gasteiger partial charge in [-0.15, -0.1) is 0 Å². The summed E-state index contributed by atoms with van der Waals surface area (Å²) >= 11 is 0. The Morgan fingerprint density at radius 2 is 1.61 bits per heavy atom. The monoisotopic (exact) mass is 317 g/mol. The smallest absolute Gasteiger partial charge is 0.337 e. The van der Waals surface area contributed by atoms with Crippen LogP contribution in [0.25, 0.3) is 0 Å². The topological polar surface area (TPSA) is 105 Å². The van der Waals surface area contributed by atoms with E-state index in [0.717, 1.165) is 0 Å². The summed E-state index contributed by atoms with van der Waals surface area (Å²) < 4.78 is 10.2. The molecule has 23 heavy (non-hydrogen) atoms. The fraction of sp³-hybridized carbons (Fsp3) is 0.125. The van der Waals surface area contributed by atoms with Crippen molar-refractivity contribution >= 4 is 17.6 Å². The number of phenols is 1. The van der Waals surface area contributed by atoms with Gasteiger partial charge in [-0.3, -0.25) is 4.79 Å². The lowest BCUT2D eigenvalue weighted by Gasteiger charge is -2.14. The maximum Gasteiger partial charge on any atom is 0.337 e. The molecule has 0 aliphatic carbocycles. The van der Waals surface area contributed by atoms with Gasteiger partial charge >= 0.3 is 5.97 Å². The Morgan fingerprint density at radius 1 is 1.00 bits per heavy atom. The first-order valence-corrected chi connectivity index (χ1v) is 6.56. The van der Waals surface area contributed by atoms with E-state index in [2.05, 4.69) is 5.32 Å². The summed E-state index contributed by atoms with van der Waals surface area (Å²) in [6.07, 6.45) is 0. The summed E-state index contributed by atoms with van der Waals surface area (Å²) in [4.78, 5) is 23.6.